The van der Waals surface area contributed by atoms with Gasteiger partial charge in [0.05, 0.1) is 17.8 Å². The summed E-state index contributed by atoms with van der Waals surface area (Å²) in [6, 6.07) is 4.30. The first-order valence-corrected chi connectivity index (χ1v) is 6.80. The van der Waals surface area contributed by atoms with Crippen LogP contribution in [0.5, 0.6) is 0 Å². The van der Waals surface area contributed by atoms with Crippen molar-refractivity contribution in [3.05, 3.63) is 46.1 Å². The number of nitrogen functional groups attached to an aromatic ring is 1. The van der Waals surface area contributed by atoms with Gasteiger partial charge in [-0.2, -0.15) is 0 Å². The molecule has 4 nitrogen and oxygen atoms in total. The second-order valence-corrected chi connectivity index (χ2v) is 4.89. The summed E-state index contributed by atoms with van der Waals surface area (Å²) in [6.07, 6.45) is 0.628. The van der Waals surface area contributed by atoms with Crippen LogP contribution in [-0.4, -0.2) is 18.1 Å². The van der Waals surface area contributed by atoms with Crippen molar-refractivity contribution in [3.8, 4) is 11.3 Å². The van der Waals surface area contributed by atoms with Crippen LogP contribution in [0.15, 0.2) is 18.2 Å². The fourth-order valence-electron chi connectivity index (χ4n) is 1.94. The van der Waals surface area contributed by atoms with Crippen molar-refractivity contribution in [3.63, 3.8) is 0 Å². The lowest BCUT2D eigenvalue weighted by Gasteiger charge is -2.11. The summed E-state index contributed by atoms with van der Waals surface area (Å²) in [4.78, 5) is 15.4. The highest BCUT2D eigenvalue weighted by atomic mass is 35.5. The summed E-state index contributed by atoms with van der Waals surface area (Å²) in [7, 11) is 1.12. The Morgan fingerprint density at radius 1 is 1.41 bits per heavy atom. The zero-order valence-corrected chi connectivity index (χ0v) is 12.7. The fraction of sp³-hybridized carbons (Fsp3) is 0.200. The summed E-state index contributed by atoms with van der Waals surface area (Å²) in [6.45, 7) is 1.86. The minimum atomic E-state index is -0.985. The van der Waals surface area contributed by atoms with Crippen molar-refractivity contribution in [1.29, 1.82) is 0 Å². The highest BCUT2D eigenvalue weighted by Crippen LogP contribution is 2.33. The van der Waals surface area contributed by atoms with Crippen molar-refractivity contribution in [2.75, 3.05) is 12.8 Å². The van der Waals surface area contributed by atoms with Crippen LogP contribution in [0, 0.1) is 11.6 Å². The van der Waals surface area contributed by atoms with Crippen molar-refractivity contribution in [2.24, 2.45) is 0 Å². The monoisotopic (exact) mass is 326 g/mol. The molecule has 0 aliphatic rings. The Morgan fingerprint density at radius 2 is 2.09 bits per heavy atom. The summed E-state index contributed by atoms with van der Waals surface area (Å²) < 4.78 is 32.9. The van der Waals surface area contributed by atoms with Crippen LogP contribution in [0.1, 0.15) is 23.0 Å². The number of aryl methyl sites for hydroxylation is 1. The number of hydrogen-bond acceptors (Lipinski definition) is 4. The van der Waals surface area contributed by atoms with Gasteiger partial charge in [-0.3, -0.25) is 0 Å². The molecule has 0 radical (unpaired) electrons. The average Bonchev–Trinajstić information content (AvgIpc) is 2.52. The Bertz CT molecular complexity index is 751. The predicted molar refractivity (Wildman–Crippen MR) is 79.7 cm³/mol. The molecule has 2 aromatic rings. The van der Waals surface area contributed by atoms with Gasteiger partial charge in [0, 0.05) is 5.56 Å². The number of hydrogen-bond donors (Lipinski definition) is 1. The molecule has 0 aliphatic heterocycles. The second kappa shape index (κ2) is 6.27. The highest BCUT2D eigenvalue weighted by molar-refractivity contribution is 6.35. The lowest BCUT2D eigenvalue weighted by atomic mass is 10.0. The number of aromatic nitrogens is 1. The Morgan fingerprint density at radius 3 is 2.64 bits per heavy atom. The number of carbonyl (C=O) groups is 1. The van der Waals surface area contributed by atoms with E-state index in [-0.39, 0.29) is 22.0 Å². The zero-order chi connectivity index (χ0) is 16.4. The lowest BCUT2D eigenvalue weighted by Crippen LogP contribution is -2.10. The van der Waals surface area contributed by atoms with Crippen LogP contribution in [-0.2, 0) is 11.2 Å². The Labute approximate surface area is 130 Å². The van der Waals surface area contributed by atoms with Gasteiger partial charge in [0.1, 0.15) is 11.5 Å². The maximum absolute atomic E-state index is 14.3. The summed E-state index contributed by atoms with van der Waals surface area (Å²) >= 11 is 5.80. The maximum atomic E-state index is 14.3. The molecule has 0 atom stereocenters. The molecular weight excluding hydrogens is 314 g/mol. The molecule has 22 heavy (non-hydrogen) atoms. The van der Waals surface area contributed by atoms with Gasteiger partial charge in [0.25, 0.3) is 0 Å². The van der Waals surface area contributed by atoms with Gasteiger partial charge >= 0.3 is 5.97 Å². The Balaban J connectivity index is 2.70. The minimum absolute atomic E-state index is 0.108. The van der Waals surface area contributed by atoms with Gasteiger partial charge in [0.2, 0.25) is 0 Å². The van der Waals surface area contributed by atoms with Gasteiger partial charge in [-0.1, -0.05) is 24.6 Å². The van der Waals surface area contributed by atoms with Gasteiger partial charge in [-0.05, 0) is 24.1 Å². The zero-order valence-electron chi connectivity index (χ0n) is 11.9. The number of carbonyl (C=O) groups excluding carboxylic acids is 1. The number of rotatable bonds is 3. The van der Waals surface area contributed by atoms with E-state index >= 15 is 0 Å². The third-order valence-corrected chi connectivity index (χ3v) is 3.57. The third kappa shape index (κ3) is 2.74. The van der Waals surface area contributed by atoms with Gasteiger partial charge in [-0.25, -0.2) is 18.6 Å². The summed E-state index contributed by atoms with van der Waals surface area (Å²) in [5, 5.41) is -0.362. The van der Waals surface area contributed by atoms with E-state index in [4.69, 9.17) is 17.3 Å². The van der Waals surface area contributed by atoms with E-state index in [1.807, 2.05) is 6.92 Å². The van der Waals surface area contributed by atoms with Crippen molar-refractivity contribution in [1.82, 2.24) is 4.98 Å². The maximum Gasteiger partial charge on any atom is 0.358 e. The first-order valence-electron chi connectivity index (χ1n) is 6.42. The molecule has 0 amide bonds. The van der Waals surface area contributed by atoms with Gasteiger partial charge < -0.3 is 10.5 Å². The first kappa shape index (κ1) is 16.2. The van der Waals surface area contributed by atoms with Crippen LogP contribution in [0.2, 0.25) is 5.02 Å². The number of methoxy groups -OCH3 is 1. The van der Waals surface area contributed by atoms with E-state index in [0.717, 1.165) is 12.7 Å². The van der Waals surface area contributed by atoms with Crippen molar-refractivity contribution >= 4 is 23.3 Å². The molecule has 1 aromatic carbocycles. The van der Waals surface area contributed by atoms with Crippen LogP contribution < -0.4 is 5.73 Å². The molecule has 0 bridgehead atoms. The van der Waals surface area contributed by atoms with Crippen LogP contribution in [0.3, 0.4) is 0 Å². The summed E-state index contributed by atoms with van der Waals surface area (Å²) in [5.41, 5.74) is 4.95. The number of ether oxygens (including phenoxy) is 1. The highest BCUT2D eigenvalue weighted by Gasteiger charge is 2.24. The number of nitrogens with zero attached hydrogens (tertiary/aromatic N) is 1. The predicted octanol–water partition coefficient (Wildman–Crippen LogP) is 3.61. The molecule has 116 valence electrons. The van der Waals surface area contributed by atoms with Crippen LogP contribution in [0.4, 0.5) is 14.5 Å². The number of pyridine rings is 1. The molecule has 1 aromatic heterocycles. The fourth-order valence-corrected chi connectivity index (χ4v) is 2.14. The van der Waals surface area contributed by atoms with E-state index in [0.29, 0.717) is 6.42 Å². The number of benzene rings is 1. The smallest absolute Gasteiger partial charge is 0.358 e. The van der Waals surface area contributed by atoms with E-state index in [2.05, 4.69) is 9.72 Å². The van der Waals surface area contributed by atoms with Crippen molar-refractivity contribution < 1.29 is 18.3 Å². The van der Waals surface area contributed by atoms with Crippen LogP contribution >= 0.6 is 11.6 Å². The number of anilines is 1. The average molecular weight is 327 g/mol. The lowest BCUT2D eigenvalue weighted by molar-refractivity contribution is 0.0594. The molecule has 0 unspecified atom stereocenters. The molecule has 7 heteroatoms. The molecule has 2 rings (SSSR count). The standard InChI is InChI=1S/C15H13ClF2N2O2/c1-3-7-4-5-8(9(17)6-7)13-11(18)12(19)10(16)14(20-13)15(21)22-2/h4-6H,3H2,1-2H3,(H2,19,20). The Hall–Kier alpha value is -2.21. The van der Waals surface area contributed by atoms with Gasteiger partial charge in [-0.15, -0.1) is 0 Å². The number of halogens is 3. The number of esters is 1. The third-order valence-electron chi connectivity index (χ3n) is 3.19. The largest absolute Gasteiger partial charge is 0.464 e. The van der Waals surface area contributed by atoms with E-state index in [1.165, 1.54) is 12.1 Å². The molecule has 2 N–H and O–H groups in total. The van der Waals surface area contributed by atoms with E-state index in [9.17, 15) is 13.6 Å². The normalized spacial score (nSPS) is 10.6. The molecular formula is C15H13ClF2N2O2. The molecule has 1 heterocycles. The topological polar surface area (TPSA) is 65.2 Å². The molecule has 0 aliphatic carbocycles. The Kier molecular flexibility index (Phi) is 4.61. The quantitative estimate of drug-likeness (QED) is 0.875. The first-order chi connectivity index (χ1) is 10.4. The SMILES string of the molecule is CCc1ccc(-c2nc(C(=O)OC)c(Cl)c(N)c2F)c(F)c1. The number of nitrogens with two attached hydrogens (primary N) is 1. The van der Waals surface area contributed by atoms with Crippen molar-refractivity contribution in [2.45, 2.75) is 13.3 Å². The van der Waals surface area contributed by atoms with E-state index < -0.39 is 23.3 Å². The second-order valence-electron chi connectivity index (χ2n) is 4.51. The molecule has 0 spiro atoms. The van der Waals surface area contributed by atoms with Gasteiger partial charge in [0.15, 0.2) is 11.5 Å². The van der Waals surface area contributed by atoms with E-state index in [1.54, 1.807) is 6.07 Å². The molecule has 0 fully saturated rings. The summed E-state index contributed by atoms with van der Waals surface area (Å²) in [5.74, 6) is -2.53. The minimum Gasteiger partial charge on any atom is -0.464 e. The van der Waals surface area contributed by atoms with Crippen LogP contribution in [0.25, 0.3) is 11.3 Å². The molecule has 0 saturated carbocycles. The molecule has 0 saturated heterocycles.